The third-order valence-corrected chi connectivity index (χ3v) is 8.63. The SMILES string of the molecule is Cc1ccc(CC(=O)C[C@H](CCO)c2nnc(C3CC4(CCC(F)(F)CC4)C3)n2C2CC2)c(C)c1.Cl. The van der Waals surface area contributed by atoms with Gasteiger partial charge in [0.15, 0.2) is 0 Å². The third-order valence-electron chi connectivity index (χ3n) is 8.63. The highest BCUT2D eigenvalue weighted by molar-refractivity contribution is 5.85. The van der Waals surface area contributed by atoms with Gasteiger partial charge >= 0.3 is 0 Å². The van der Waals surface area contributed by atoms with Crippen molar-refractivity contribution in [1.29, 1.82) is 0 Å². The molecule has 1 atom stereocenters. The number of aryl methyl sites for hydroxylation is 2. The molecule has 3 aliphatic rings. The summed E-state index contributed by atoms with van der Waals surface area (Å²) in [5.74, 6) is -0.477. The first-order valence-electron chi connectivity index (χ1n) is 13.2. The predicted octanol–water partition coefficient (Wildman–Crippen LogP) is 6.39. The van der Waals surface area contributed by atoms with Crippen LogP contribution in [0.25, 0.3) is 0 Å². The van der Waals surface area contributed by atoms with Crippen molar-refractivity contribution in [3.63, 3.8) is 0 Å². The van der Waals surface area contributed by atoms with E-state index in [4.69, 9.17) is 0 Å². The van der Waals surface area contributed by atoms with E-state index in [1.165, 1.54) is 5.56 Å². The fraction of sp³-hybridized carbons (Fsp3) is 0.679. The third kappa shape index (κ3) is 5.67. The lowest BCUT2D eigenvalue weighted by molar-refractivity contribution is -0.119. The monoisotopic (exact) mass is 521 g/mol. The van der Waals surface area contributed by atoms with Crippen LogP contribution < -0.4 is 0 Å². The number of alkyl halides is 2. The summed E-state index contributed by atoms with van der Waals surface area (Å²) in [5, 5.41) is 18.9. The van der Waals surface area contributed by atoms with Crippen molar-refractivity contribution in [1.82, 2.24) is 14.8 Å². The number of nitrogens with zero attached hydrogens (tertiary/aromatic N) is 3. The first-order chi connectivity index (χ1) is 16.7. The minimum absolute atomic E-state index is 0. The zero-order chi connectivity index (χ0) is 24.8. The van der Waals surface area contributed by atoms with Crippen molar-refractivity contribution in [2.24, 2.45) is 5.41 Å². The molecule has 3 fully saturated rings. The molecule has 0 amide bonds. The number of halogens is 3. The summed E-state index contributed by atoms with van der Waals surface area (Å²) in [6, 6.07) is 6.53. The smallest absolute Gasteiger partial charge is 0.248 e. The summed E-state index contributed by atoms with van der Waals surface area (Å²) in [6.45, 7) is 4.08. The molecular weight excluding hydrogens is 484 g/mol. The van der Waals surface area contributed by atoms with E-state index < -0.39 is 5.92 Å². The number of rotatable bonds is 9. The molecule has 1 heterocycles. The zero-order valence-electron chi connectivity index (χ0n) is 21.3. The van der Waals surface area contributed by atoms with Gasteiger partial charge in [0.05, 0.1) is 0 Å². The number of ketones is 1. The van der Waals surface area contributed by atoms with Crippen molar-refractivity contribution >= 4 is 18.2 Å². The molecule has 5 rings (SSSR count). The fourth-order valence-corrected chi connectivity index (χ4v) is 6.38. The van der Waals surface area contributed by atoms with Crippen molar-refractivity contribution < 1.29 is 18.7 Å². The Hall–Kier alpha value is -1.86. The number of aliphatic hydroxyl groups is 1. The molecule has 2 aromatic rings. The number of aromatic nitrogens is 3. The van der Waals surface area contributed by atoms with Crippen LogP contribution in [0.2, 0.25) is 0 Å². The van der Waals surface area contributed by atoms with E-state index in [0.717, 1.165) is 48.5 Å². The molecule has 0 bridgehead atoms. The van der Waals surface area contributed by atoms with Crippen molar-refractivity contribution in [3.05, 3.63) is 46.5 Å². The van der Waals surface area contributed by atoms with Gasteiger partial charge in [0.25, 0.3) is 0 Å². The average Bonchev–Trinajstić information content (AvgIpc) is 3.52. The maximum atomic E-state index is 13.7. The van der Waals surface area contributed by atoms with Gasteiger partial charge < -0.3 is 9.67 Å². The van der Waals surface area contributed by atoms with Crippen LogP contribution in [-0.2, 0) is 11.2 Å². The molecule has 1 aromatic heterocycles. The molecule has 3 saturated carbocycles. The Labute approximate surface area is 218 Å². The summed E-state index contributed by atoms with van der Waals surface area (Å²) < 4.78 is 29.6. The molecule has 3 aliphatic carbocycles. The zero-order valence-corrected chi connectivity index (χ0v) is 22.1. The first-order valence-corrected chi connectivity index (χ1v) is 13.2. The molecule has 1 spiro atoms. The molecule has 36 heavy (non-hydrogen) atoms. The summed E-state index contributed by atoms with van der Waals surface area (Å²) in [7, 11) is 0. The lowest BCUT2D eigenvalue weighted by Gasteiger charge is -2.51. The van der Waals surface area contributed by atoms with Gasteiger partial charge in [0.2, 0.25) is 5.92 Å². The Kier molecular flexibility index (Phi) is 7.92. The predicted molar refractivity (Wildman–Crippen MR) is 137 cm³/mol. The van der Waals surface area contributed by atoms with Crippen molar-refractivity contribution in [3.8, 4) is 0 Å². The normalized spacial score (nSPS) is 21.6. The number of carbonyl (C=O) groups excluding carboxylic acids is 1. The number of aliphatic hydroxyl groups excluding tert-OH is 1. The van der Waals surface area contributed by atoms with Crippen LogP contribution in [0.5, 0.6) is 0 Å². The fourth-order valence-electron chi connectivity index (χ4n) is 6.38. The maximum absolute atomic E-state index is 13.7. The summed E-state index contributed by atoms with van der Waals surface area (Å²) >= 11 is 0. The molecule has 8 heteroatoms. The van der Waals surface area contributed by atoms with E-state index in [-0.39, 0.29) is 54.9 Å². The lowest BCUT2D eigenvalue weighted by atomic mass is 9.55. The largest absolute Gasteiger partial charge is 0.396 e. The molecule has 0 saturated heterocycles. The number of hydrogen-bond donors (Lipinski definition) is 1. The molecule has 1 aromatic carbocycles. The second-order valence-corrected chi connectivity index (χ2v) is 11.5. The number of hydrogen-bond acceptors (Lipinski definition) is 4. The topological polar surface area (TPSA) is 68.0 Å². The van der Waals surface area contributed by atoms with Gasteiger partial charge in [0.1, 0.15) is 17.4 Å². The Morgan fingerprint density at radius 1 is 1.14 bits per heavy atom. The van der Waals surface area contributed by atoms with Crippen LogP contribution >= 0.6 is 12.4 Å². The van der Waals surface area contributed by atoms with Gasteiger partial charge in [-0.15, -0.1) is 22.6 Å². The van der Waals surface area contributed by atoms with Gasteiger partial charge in [-0.3, -0.25) is 4.79 Å². The Morgan fingerprint density at radius 3 is 2.44 bits per heavy atom. The first kappa shape index (κ1) is 27.2. The van der Waals surface area contributed by atoms with Gasteiger partial charge in [-0.05, 0) is 75.3 Å². The molecule has 0 unspecified atom stereocenters. The molecular formula is C28H38ClF2N3O2. The van der Waals surface area contributed by atoms with Crippen LogP contribution in [0.1, 0.15) is 110 Å². The summed E-state index contributed by atoms with van der Waals surface area (Å²) in [6.07, 6.45) is 6.36. The summed E-state index contributed by atoms with van der Waals surface area (Å²) in [5.41, 5.74) is 3.39. The molecule has 0 aliphatic heterocycles. The average molecular weight is 522 g/mol. The Bertz CT molecular complexity index is 1080. The Morgan fingerprint density at radius 2 is 1.83 bits per heavy atom. The van der Waals surface area contributed by atoms with Gasteiger partial charge in [-0.1, -0.05) is 23.8 Å². The van der Waals surface area contributed by atoms with Crippen LogP contribution in [0.4, 0.5) is 8.78 Å². The van der Waals surface area contributed by atoms with E-state index in [2.05, 4.69) is 20.8 Å². The lowest BCUT2D eigenvalue weighted by Crippen LogP contribution is -2.42. The highest BCUT2D eigenvalue weighted by atomic mass is 35.5. The highest BCUT2D eigenvalue weighted by Crippen LogP contribution is 2.60. The maximum Gasteiger partial charge on any atom is 0.248 e. The van der Waals surface area contributed by atoms with Crippen molar-refractivity contribution in [2.75, 3.05) is 6.61 Å². The van der Waals surface area contributed by atoms with Crippen LogP contribution in [0, 0.1) is 19.3 Å². The second-order valence-electron chi connectivity index (χ2n) is 11.5. The molecule has 198 valence electrons. The number of benzene rings is 1. The van der Waals surface area contributed by atoms with Crippen LogP contribution in [0.3, 0.4) is 0 Å². The van der Waals surface area contributed by atoms with E-state index in [1.54, 1.807) is 0 Å². The van der Waals surface area contributed by atoms with E-state index >= 15 is 0 Å². The van der Waals surface area contributed by atoms with E-state index in [9.17, 15) is 18.7 Å². The van der Waals surface area contributed by atoms with Crippen LogP contribution in [0.15, 0.2) is 18.2 Å². The van der Waals surface area contributed by atoms with Crippen molar-refractivity contribution in [2.45, 2.75) is 108 Å². The standard InChI is InChI=1S/C28H37F2N3O2.ClH/c1-18-3-4-20(19(2)13-18)14-24(35)15-21(7-12-34)25-31-32-26(33(25)23-5-6-23)22-16-27(17-22)8-10-28(29,30)11-9-27;/h3-4,13,21-23,34H,5-12,14-17H2,1-2H3;1H/t21-;/m0./s1. The van der Waals surface area contributed by atoms with Gasteiger partial charge in [0, 0.05) is 50.2 Å². The molecule has 0 radical (unpaired) electrons. The van der Waals surface area contributed by atoms with Gasteiger partial charge in [-0.25, -0.2) is 8.78 Å². The highest BCUT2D eigenvalue weighted by Gasteiger charge is 2.52. The van der Waals surface area contributed by atoms with E-state index in [0.29, 0.717) is 38.1 Å². The van der Waals surface area contributed by atoms with Crippen LogP contribution in [-0.4, -0.2) is 38.2 Å². The van der Waals surface area contributed by atoms with Gasteiger partial charge in [-0.2, -0.15) is 0 Å². The number of carbonyl (C=O) groups is 1. The molecule has 5 nitrogen and oxygen atoms in total. The minimum Gasteiger partial charge on any atom is -0.396 e. The quantitative estimate of drug-likeness (QED) is 0.415. The molecule has 1 N–H and O–H groups in total. The number of Topliss-reactive ketones (excluding diaryl/α,β-unsaturated/α-hetero) is 1. The minimum atomic E-state index is -2.50. The second kappa shape index (κ2) is 10.5. The van der Waals surface area contributed by atoms with E-state index in [1.807, 2.05) is 26.0 Å². The summed E-state index contributed by atoms with van der Waals surface area (Å²) in [4.78, 5) is 13.1. The Balaban J connectivity index is 0.00000304.